The minimum atomic E-state index is -0.562. The van der Waals surface area contributed by atoms with Crippen LogP contribution in [0.3, 0.4) is 0 Å². The van der Waals surface area contributed by atoms with Crippen LogP contribution in [0.2, 0.25) is 0 Å². The summed E-state index contributed by atoms with van der Waals surface area (Å²) in [7, 11) is 1.54. The molecule has 5 rings (SSSR count). The van der Waals surface area contributed by atoms with Crippen molar-refractivity contribution < 1.29 is 9.53 Å². The topological polar surface area (TPSA) is 141 Å². The molecule has 3 heterocycles. The van der Waals surface area contributed by atoms with E-state index in [1.165, 1.54) is 6.33 Å². The Hall–Kier alpha value is -5.19. The van der Waals surface area contributed by atoms with Gasteiger partial charge in [-0.15, -0.1) is 0 Å². The zero-order valence-electron chi connectivity index (χ0n) is 21.0. The number of methoxy groups -OCH3 is 1. The van der Waals surface area contributed by atoms with E-state index in [9.17, 15) is 9.59 Å². The van der Waals surface area contributed by atoms with Crippen molar-refractivity contribution in [3.05, 3.63) is 100 Å². The van der Waals surface area contributed by atoms with Crippen molar-refractivity contribution in [3.63, 3.8) is 0 Å². The van der Waals surface area contributed by atoms with Crippen molar-refractivity contribution in [2.45, 2.75) is 19.9 Å². The quantitative estimate of drug-likeness (QED) is 0.302. The van der Waals surface area contributed by atoms with Crippen LogP contribution in [-0.2, 0) is 0 Å². The molecule has 0 unspecified atom stereocenters. The first-order valence-corrected chi connectivity index (χ1v) is 11.9. The number of aryl methyl sites for hydroxylation is 1. The van der Waals surface area contributed by atoms with Gasteiger partial charge in [-0.1, -0.05) is 24.3 Å². The highest BCUT2D eigenvalue weighted by Gasteiger charge is 2.24. The summed E-state index contributed by atoms with van der Waals surface area (Å²) < 4.78 is 8.35. The summed E-state index contributed by atoms with van der Waals surface area (Å²) in [6.07, 6.45) is 3.01. The molecule has 0 aliphatic heterocycles. The van der Waals surface area contributed by atoms with E-state index in [1.807, 2.05) is 50.2 Å². The van der Waals surface area contributed by atoms with Gasteiger partial charge in [-0.3, -0.25) is 14.2 Å². The number of aromatic nitrogens is 5. The summed E-state index contributed by atoms with van der Waals surface area (Å²) in [4.78, 5) is 35.2. The first kappa shape index (κ1) is 24.5. The number of fused-ring (bicyclic) bond motifs is 1. The highest BCUT2D eigenvalue weighted by molar-refractivity contribution is 6.10. The van der Waals surface area contributed by atoms with E-state index in [0.29, 0.717) is 28.5 Å². The van der Waals surface area contributed by atoms with Crippen LogP contribution < -0.4 is 26.7 Å². The summed E-state index contributed by atoms with van der Waals surface area (Å²) in [6.45, 7) is 3.69. The largest absolute Gasteiger partial charge is 0.497 e. The zero-order valence-corrected chi connectivity index (χ0v) is 21.0. The van der Waals surface area contributed by atoms with Gasteiger partial charge in [0, 0.05) is 18.0 Å². The third-order valence-corrected chi connectivity index (χ3v) is 6.10. The van der Waals surface area contributed by atoms with Gasteiger partial charge in [0.05, 0.1) is 18.8 Å². The van der Waals surface area contributed by atoms with E-state index in [-0.39, 0.29) is 22.8 Å². The maximum absolute atomic E-state index is 13.6. The van der Waals surface area contributed by atoms with Crippen molar-refractivity contribution in [2.75, 3.05) is 23.5 Å². The maximum atomic E-state index is 13.6. The van der Waals surface area contributed by atoms with Crippen LogP contribution in [-0.4, -0.2) is 37.2 Å². The van der Waals surface area contributed by atoms with Gasteiger partial charge in [-0.05, 0) is 49.7 Å². The smallest absolute Gasteiger partial charge is 0.282 e. The van der Waals surface area contributed by atoms with E-state index in [1.54, 1.807) is 46.7 Å². The highest BCUT2D eigenvalue weighted by Crippen LogP contribution is 2.25. The number of rotatable bonds is 7. The number of benzene rings is 2. The number of anilines is 3. The average Bonchev–Trinajstić information content (AvgIpc) is 3.29. The standard InChI is InChI=1S/C27H26N8O3/c1-16-12-13-34-22(16)27(37)35(19-9-5-4-6-10-19)25(33-34)17(2)31-24-21(23(28)29-15-30-24)26(36)32-18-8-7-11-20(14-18)38-3/h4-15,17H,1-3H3,(H,32,36)(H3,28,29,30,31)/t17-/m0/s1. The average molecular weight is 511 g/mol. The summed E-state index contributed by atoms with van der Waals surface area (Å²) in [6, 6.07) is 17.5. The molecule has 1 amide bonds. The minimum absolute atomic E-state index is 0.00000781. The van der Waals surface area contributed by atoms with Crippen LogP contribution in [0.1, 0.15) is 34.7 Å². The lowest BCUT2D eigenvalue weighted by Gasteiger charge is -2.21. The van der Waals surface area contributed by atoms with Crippen LogP contribution >= 0.6 is 0 Å². The van der Waals surface area contributed by atoms with Gasteiger partial charge < -0.3 is 21.1 Å². The van der Waals surface area contributed by atoms with Crippen molar-refractivity contribution >= 4 is 28.7 Å². The Morgan fingerprint density at radius 2 is 1.87 bits per heavy atom. The maximum Gasteiger partial charge on any atom is 0.282 e. The summed E-state index contributed by atoms with van der Waals surface area (Å²) in [5.41, 5.74) is 8.45. The van der Waals surface area contributed by atoms with Gasteiger partial charge in [-0.25, -0.2) is 14.5 Å². The number of nitrogens with one attached hydrogen (secondary N) is 2. The third-order valence-electron chi connectivity index (χ3n) is 6.10. The molecule has 4 N–H and O–H groups in total. The molecule has 0 aliphatic carbocycles. The molecule has 0 saturated heterocycles. The SMILES string of the molecule is COc1cccc(NC(=O)c2c(N)ncnc2N[C@@H](C)c2nn3ccc(C)c3c(=O)n2-c2ccccc2)c1. The first-order valence-electron chi connectivity index (χ1n) is 11.9. The number of para-hydroxylation sites is 1. The fourth-order valence-corrected chi connectivity index (χ4v) is 4.23. The van der Waals surface area contributed by atoms with Crippen LogP contribution in [0.15, 0.2) is 78.0 Å². The fourth-order valence-electron chi connectivity index (χ4n) is 4.23. The normalized spacial score (nSPS) is 11.8. The monoisotopic (exact) mass is 510 g/mol. The van der Waals surface area contributed by atoms with Crippen molar-refractivity contribution in [2.24, 2.45) is 0 Å². The number of hydrogen-bond acceptors (Lipinski definition) is 8. The number of nitrogen functional groups attached to an aromatic ring is 1. The molecule has 3 aromatic heterocycles. The van der Waals surface area contributed by atoms with Crippen molar-refractivity contribution in [1.82, 2.24) is 24.1 Å². The molecule has 2 aromatic carbocycles. The summed E-state index contributed by atoms with van der Waals surface area (Å²) in [5, 5.41) is 10.8. The van der Waals surface area contributed by atoms with Gasteiger partial charge >= 0.3 is 0 Å². The van der Waals surface area contributed by atoms with Gasteiger partial charge in [-0.2, -0.15) is 5.10 Å². The van der Waals surface area contributed by atoms with Crippen LogP contribution in [0.4, 0.5) is 17.3 Å². The Balaban J connectivity index is 1.55. The fraction of sp³-hybridized carbons (Fsp3) is 0.148. The van der Waals surface area contributed by atoms with E-state index in [2.05, 4.69) is 20.6 Å². The molecule has 38 heavy (non-hydrogen) atoms. The molecular weight excluding hydrogens is 484 g/mol. The lowest BCUT2D eigenvalue weighted by molar-refractivity contribution is 0.102. The Bertz CT molecular complexity index is 1690. The number of carbonyl (C=O) groups is 1. The molecule has 0 radical (unpaired) electrons. The molecule has 0 aliphatic rings. The molecule has 0 spiro atoms. The van der Waals surface area contributed by atoms with Crippen LogP contribution in [0.25, 0.3) is 11.2 Å². The van der Waals surface area contributed by atoms with Crippen LogP contribution in [0, 0.1) is 6.92 Å². The summed E-state index contributed by atoms with van der Waals surface area (Å²) >= 11 is 0. The predicted octanol–water partition coefficient (Wildman–Crippen LogP) is 3.60. The first-order chi connectivity index (χ1) is 18.4. The van der Waals surface area contributed by atoms with Crippen molar-refractivity contribution in [3.8, 4) is 11.4 Å². The molecule has 11 heteroatoms. The van der Waals surface area contributed by atoms with E-state index in [0.717, 1.165) is 5.56 Å². The van der Waals surface area contributed by atoms with Gasteiger partial charge in [0.2, 0.25) is 0 Å². The molecule has 1 atom stereocenters. The van der Waals surface area contributed by atoms with E-state index in [4.69, 9.17) is 15.6 Å². The van der Waals surface area contributed by atoms with Gasteiger partial charge in [0.15, 0.2) is 5.82 Å². The Labute approximate surface area is 217 Å². The second kappa shape index (κ2) is 10.1. The lowest BCUT2D eigenvalue weighted by Crippen LogP contribution is -2.30. The lowest BCUT2D eigenvalue weighted by atomic mass is 10.2. The van der Waals surface area contributed by atoms with Gasteiger partial charge in [0.1, 0.15) is 34.8 Å². The Kier molecular flexibility index (Phi) is 6.48. The number of amides is 1. The number of carbonyl (C=O) groups excluding carboxylic acids is 1. The second-order valence-electron chi connectivity index (χ2n) is 8.66. The molecule has 5 aromatic rings. The number of ether oxygens (including phenoxy) is 1. The second-order valence-corrected chi connectivity index (χ2v) is 8.66. The van der Waals surface area contributed by atoms with Crippen molar-refractivity contribution in [1.29, 1.82) is 0 Å². The highest BCUT2D eigenvalue weighted by atomic mass is 16.5. The van der Waals surface area contributed by atoms with E-state index < -0.39 is 11.9 Å². The molecule has 192 valence electrons. The number of nitrogens with zero attached hydrogens (tertiary/aromatic N) is 5. The van der Waals surface area contributed by atoms with E-state index >= 15 is 0 Å². The third kappa shape index (κ3) is 4.52. The van der Waals surface area contributed by atoms with Gasteiger partial charge in [0.25, 0.3) is 11.5 Å². The Morgan fingerprint density at radius 3 is 2.63 bits per heavy atom. The van der Waals surface area contributed by atoms with Crippen LogP contribution in [0.5, 0.6) is 5.75 Å². The zero-order chi connectivity index (χ0) is 26.8. The molecule has 11 nitrogen and oxygen atoms in total. The predicted molar refractivity (Wildman–Crippen MR) is 145 cm³/mol. The molecule has 0 fully saturated rings. The number of nitrogens with two attached hydrogens (primary N) is 1. The molecular formula is C27H26N8O3. The molecule has 0 saturated carbocycles. The Morgan fingerprint density at radius 1 is 1.08 bits per heavy atom. The molecule has 0 bridgehead atoms. The minimum Gasteiger partial charge on any atom is -0.497 e. The number of hydrogen-bond donors (Lipinski definition) is 3. The summed E-state index contributed by atoms with van der Waals surface area (Å²) in [5.74, 6) is 0.701.